The molecule has 1 rings (SSSR count). The molecule has 0 unspecified atom stereocenters. The van der Waals surface area contributed by atoms with Gasteiger partial charge in [-0.15, -0.1) is 0 Å². The molecule has 6 heteroatoms. The van der Waals surface area contributed by atoms with Crippen molar-refractivity contribution in [2.45, 2.75) is 59.7 Å². The van der Waals surface area contributed by atoms with Crippen molar-refractivity contribution in [1.29, 1.82) is 0 Å². The summed E-state index contributed by atoms with van der Waals surface area (Å²) in [7, 11) is 1.71. The van der Waals surface area contributed by atoms with Gasteiger partial charge in [-0.1, -0.05) is 6.07 Å². The molecule has 6 nitrogen and oxygen atoms in total. The first kappa shape index (κ1) is 25.2. The highest BCUT2D eigenvalue weighted by Gasteiger charge is 2.11. The molecule has 0 bridgehead atoms. The van der Waals surface area contributed by atoms with E-state index in [9.17, 15) is 9.59 Å². The van der Waals surface area contributed by atoms with Crippen LogP contribution in [0.15, 0.2) is 24.3 Å². The van der Waals surface area contributed by atoms with E-state index in [1.54, 1.807) is 20.1 Å². The van der Waals surface area contributed by atoms with Crippen molar-refractivity contribution < 1.29 is 23.8 Å². The maximum atomic E-state index is 10.2. The minimum atomic E-state index is -0.222. The van der Waals surface area contributed by atoms with Gasteiger partial charge in [0.25, 0.3) is 6.47 Å². The smallest absolute Gasteiger partial charge is 0.293 e. The van der Waals surface area contributed by atoms with Crippen LogP contribution in [0.4, 0.5) is 5.69 Å². The van der Waals surface area contributed by atoms with E-state index in [0.717, 1.165) is 11.4 Å². The van der Waals surface area contributed by atoms with Gasteiger partial charge in [0.1, 0.15) is 11.4 Å². The number of anilines is 1. The van der Waals surface area contributed by atoms with Gasteiger partial charge in [0.2, 0.25) is 6.41 Å². The summed E-state index contributed by atoms with van der Waals surface area (Å²) in [6.45, 7) is 14.7. The Bertz CT molecular complexity index is 475. The van der Waals surface area contributed by atoms with Crippen molar-refractivity contribution in [3.05, 3.63) is 24.3 Å². The number of hydrogen-bond donors (Lipinski definition) is 1. The molecule has 0 fully saturated rings. The van der Waals surface area contributed by atoms with E-state index < -0.39 is 0 Å². The van der Waals surface area contributed by atoms with Crippen molar-refractivity contribution in [2.24, 2.45) is 0 Å². The second-order valence-electron chi connectivity index (χ2n) is 6.87. The van der Waals surface area contributed by atoms with Crippen LogP contribution in [0.5, 0.6) is 5.75 Å². The highest BCUT2D eigenvalue weighted by atomic mass is 16.5. The van der Waals surface area contributed by atoms with E-state index in [2.05, 4.69) is 10.1 Å². The Labute approximate surface area is 151 Å². The third-order valence-electron chi connectivity index (χ3n) is 2.33. The van der Waals surface area contributed by atoms with E-state index in [1.807, 2.05) is 59.7 Å². The van der Waals surface area contributed by atoms with Crippen LogP contribution in [0.25, 0.3) is 0 Å². The monoisotopic (exact) mass is 355 g/mol. The summed E-state index contributed by atoms with van der Waals surface area (Å²) in [4.78, 5) is 19.4. The lowest BCUT2D eigenvalue weighted by molar-refractivity contribution is -0.128. The summed E-state index contributed by atoms with van der Waals surface area (Å²) in [5, 5.41) is 2.57. The second kappa shape index (κ2) is 13.2. The number of methoxy groups -OCH3 is 1. The lowest BCUT2D eigenvalue weighted by Crippen LogP contribution is -2.22. The lowest BCUT2D eigenvalue weighted by Gasteiger charge is -2.21. The lowest BCUT2D eigenvalue weighted by atomic mass is 10.2. The molecule has 0 radical (unpaired) electrons. The Balaban J connectivity index is 0. The van der Waals surface area contributed by atoms with Crippen molar-refractivity contribution >= 4 is 18.6 Å². The minimum absolute atomic E-state index is 0.0417. The van der Waals surface area contributed by atoms with Gasteiger partial charge >= 0.3 is 0 Å². The normalized spacial score (nSPS) is 10.2. The SMILES string of the molecule is CC(C)(C)Oc1cccc(NC=O)c1.CCOC=O.COC(C)(C)C. The molecule has 0 spiro atoms. The van der Waals surface area contributed by atoms with Gasteiger partial charge in [-0.25, -0.2) is 0 Å². The molecule has 0 saturated carbocycles. The molecule has 0 aliphatic carbocycles. The van der Waals surface area contributed by atoms with Crippen LogP contribution in [0.3, 0.4) is 0 Å². The Morgan fingerprint density at radius 2 is 1.60 bits per heavy atom. The van der Waals surface area contributed by atoms with Crippen LogP contribution in [-0.4, -0.2) is 37.8 Å². The van der Waals surface area contributed by atoms with Crippen molar-refractivity contribution in [2.75, 3.05) is 19.0 Å². The first-order valence-corrected chi connectivity index (χ1v) is 8.08. The van der Waals surface area contributed by atoms with Crippen LogP contribution in [0, 0.1) is 0 Å². The second-order valence-corrected chi connectivity index (χ2v) is 6.87. The predicted molar refractivity (Wildman–Crippen MR) is 101 cm³/mol. The van der Waals surface area contributed by atoms with E-state index in [0.29, 0.717) is 19.5 Å². The summed E-state index contributed by atoms with van der Waals surface area (Å²) in [6, 6.07) is 7.30. The highest BCUT2D eigenvalue weighted by molar-refractivity contribution is 5.71. The zero-order valence-corrected chi connectivity index (χ0v) is 16.7. The largest absolute Gasteiger partial charge is 0.488 e. The first-order chi connectivity index (χ1) is 11.5. The molecule has 1 N–H and O–H groups in total. The highest BCUT2D eigenvalue weighted by Crippen LogP contribution is 2.21. The van der Waals surface area contributed by atoms with Crippen molar-refractivity contribution in [3.8, 4) is 5.75 Å². The Hall–Kier alpha value is -2.08. The third-order valence-corrected chi connectivity index (χ3v) is 2.33. The van der Waals surface area contributed by atoms with Crippen LogP contribution < -0.4 is 10.1 Å². The van der Waals surface area contributed by atoms with Gasteiger partial charge in [0, 0.05) is 18.9 Å². The fraction of sp³-hybridized carbons (Fsp3) is 0.579. The molecular weight excluding hydrogens is 322 g/mol. The van der Waals surface area contributed by atoms with Crippen LogP contribution in [0.2, 0.25) is 0 Å². The molecular formula is C19H33NO5. The predicted octanol–water partition coefficient (Wildman–Crippen LogP) is 4.04. The molecule has 0 aromatic heterocycles. The molecule has 1 aromatic rings. The summed E-state index contributed by atoms with van der Waals surface area (Å²) in [5.74, 6) is 0.754. The van der Waals surface area contributed by atoms with Gasteiger partial charge < -0.3 is 19.5 Å². The van der Waals surface area contributed by atoms with E-state index in [-0.39, 0.29) is 11.2 Å². The molecule has 1 aromatic carbocycles. The quantitative estimate of drug-likeness (QED) is 0.807. The number of hydrogen-bond acceptors (Lipinski definition) is 5. The Kier molecular flexibility index (Phi) is 13.3. The maximum absolute atomic E-state index is 10.2. The van der Waals surface area contributed by atoms with Crippen LogP contribution in [0.1, 0.15) is 48.5 Å². The topological polar surface area (TPSA) is 73.9 Å². The average Bonchev–Trinajstić information content (AvgIpc) is 2.47. The molecule has 1 amide bonds. The Morgan fingerprint density at radius 1 is 1.04 bits per heavy atom. The molecule has 0 aliphatic heterocycles. The number of ether oxygens (including phenoxy) is 3. The van der Waals surface area contributed by atoms with Crippen molar-refractivity contribution in [1.82, 2.24) is 0 Å². The van der Waals surface area contributed by atoms with E-state index in [1.165, 1.54) is 0 Å². The number of carbonyl (C=O) groups is 2. The fourth-order valence-electron chi connectivity index (χ4n) is 1.14. The standard InChI is InChI=1S/C11H15NO2.C5H12O.C3H6O2/c1-11(2,3)14-10-6-4-5-9(7-10)12-8-13;1-5(2,3)6-4;1-2-5-3-4/h4-8H,1-3H3,(H,12,13);1-4H3;3H,2H2,1H3. The van der Waals surface area contributed by atoms with Crippen LogP contribution in [-0.2, 0) is 19.1 Å². The average molecular weight is 355 g/mol. The summed E-state index contributed by atoms with van der Waals surface area (Å²) in [5.41, 5.74) is 0.557. The van der Waals surface area contributed by atoms with Gasteiger partial charge in [0.15, 0.2) is 0 Å². The molecule has 0 aliphatic rings. The zero-order valence-electron chi connectivity index (χ0n) is 16.7. The molecule has 25 heavy (non-hydrogen) atoms. The number of rotatable bonds is 5. The van der Waals surface area contributed by atoms with Gasteiger partial charge in [0.05, 0.1) is 12.2 Å². The number of benzene rings is 1. The molecule has 144 valence electrons. The van der Waals surface area contributed by atoms with E-state index in [4.69, 9.17) is 9.47 Å². The molecule has 0 heterocycles. The van der Waals surface area contributed by atoms with E-state index >= 15 is 0 Å². The number of carbonyl (C=O) groups excluding carboxylic acids is 2. The molecule has 0 atom stereocenters. The summed E-state index contributed by atoms with van der Waals surface area (Å²) in [6.07, 6.45) is 0.649. The van der Waals surface area contributed by atoms with Gasteiger partial charge in [-0.05, 0) is 60.6 Å². The first-order valence-electron chi connectivity index (χ1n) is 8.08. The zero-order chi connectivity index (χ0) is 19.9. The third kappa shape index (κ3) is 19.9. The summed E-state index contributed by atoms with van der Waals surface area (Å²) >= 11 is 0. The number of nitrogens with one attached hydrogen (secondary N) is 1. The van der Waals surface area contributed by atoms with Crippen LogP contribution >= 0.6 is 0 Å². The van der Waals surface area contributed by atoms with Gasteiger partial charge in [-0.3, -0.25) is 9.59 Å². The summed E-state index contributed by atoms with van der Waals surface area (Å²) < 4.78 is 14.7. The minimum Gasteiger partial charge on any atom is -0.488 e. The maximum Gasteiger partial charge on any atom is 0.293 e. The van der Waals surface area contributed by atoms with Gasteiger partial charge in [-0.2, -0.15) is 0 Å². The number of amides is 1. The van der Waals surface area contributed by atoms with Crippen molar-refractivity contribution in [3.63, 3.8) is 0 Å². The Morgan fingerprint density at radius 3 is 1.92 bits per heavy atom. The molecule has 0 saturated heterocycles. The fourth-order valence-corrected chi connectivity index (χ4v) is 1.14.